The molecule has 0 N–H and O–H groups in total. The highest BCUT2D eigenvalue weighted by molar-refractivity contribution is 5.86. The molecule has 0 aromatic heterocycles. The molecule has 290 valence electrons. The highest BCUT2D eigenvalue weighted by atomic mass is 15.2. The molecule has 9 aromatic rings. The molecule has 0 spiro atoms. The molecule has 0 amide bonds. The fourth-order valence-corrected chi connectivity index (χ4v) is 7.96. The molecule has 0 saturated heterocycles. The van der Waals surface area contributed by atoms with E-state index in [1.807, 2.05) is 0 Å². The molecule has 60 heavy (non-hydrogen) atoms. The van der Waals surface area contributed by atoms with Crippen molar-refractivity contribution in [3.8, 4) is 0 Å². The summed E-state index contributed by atoms with van der Waals surface area (Å²) < 4.78 is 0. The molecule has 9 aromatic carbocycles. The zero-order valence-corrected chi connectivity index (χ0v) is 33.9. The first-order valence-electron chi connectivity index (χ1n) is 20.4. The Labute approximate surface area is 354 Å². The number of nitrogens with zero attached hydrogens (tertiary/aromatic N) is 4. The Morgan fingerprint density at radius 2 is 0.433 bits per heavy atom. The van der Waals surface area contributed by atoms with Gasteiger partial charge in [-0.2, -0.15) is 0 Å². The van der Waals surface area contributed by atoms with Gasteiger partial charge < -0.3 is 19.6 Å². The van der Waals surface area contributed by atoms with Crippen LogP contribution < -0.4 is 19.6 Å². The van der Waals surface area contributed by atoms with Gasteiger partial charge in [-0.15, -0.1) is 0 Å². The van der Waals surface area contributed by atoms with Crippen LogP contribution in [0.25, 0.3) is 0 Å². The third kappa shape index (κ3) is 7.87. The zero-order chi connectivity index (χ0) is 40.7. The van der Waals surface area contributed by atoms with Crippen LogP contribution in [0.15, 0.2) is 243 Å². The average Bonchev–Trinajstić information content (AvgIpc) is 3.31. The van der Waals surface area contributed by atoms with E-state index < -0.39 is 0 Å². The number of hydrogen-bond acceptors (Lipinski definition) is 4. The van der Waals surface area contributed by atoms with E-state index in [2.05, 4.69) is 276 Å². The molecule has 0 aliphatic rings. The normalized spacial score (nSPS) is 10.8. The minimum Gasteiger partial charge on any atom is -0.310 e. The van der Waals surface area contributed by atoms with Crippen LogP contribution in [0.5, 0.6) is 0 Å². The second-order valence-corrected chi connectivity index (χ2v) is 14.8. The summed E-state index contributed by atoms with van der Waals surface area (Å²) in [6.07, 6.45) is 0. The Balaban J connectivity index is 1.11. The van der Waals surface area contributed by atoms with E-state index in [1.165, 1.54) is 11.1 Å². The summed E-state index contributed by atoms with van der Waals surface area (Å²) >= 11 is 0. The van der Waals surface area contributed by atoms with Gasteiger partial charge in [0.15, 0.2) is 0 Å². The maximum Gasteiger partial charge on any atom is 0.0490 e. The van der Waals surface area contributed by atoms with Gasteiger partial charge in [0.2, 0.25) is 0 Å². The summed E-state index contributed by atoms with van der Waals surface area (Å²) in [4.78, 5) is 9.32. The standard InChI is InChI=1S/C56H46N4/c1-43-20-15-17-32-55(43)59(47-26-11-5-12-27-47)51-38-34-49(35-39-51)57(45-22-7-3-8-23-45)53-30-19-31-54(42-53)58(46-24-9-4-10-25-46)50-36-40-52(41-37-50)60(48-28-13-6-14-29-48)56-33-18-16-21-44(56)2/h3-42H,1-2H3. The molecule has 0 heterocycles. The van der Waals surface area contributed by atoms with Crippen LogP contribution in [0, 0.1) is 13.8 Å². The van der Waals surface area contributed by atoms with Gasteiger partial charge in [-0.1, -0.05) is 115 Å². The quantitative estimate of drug-likeness (QED) is 0.123. The predicted molar refractivity (Wildman–Crippen MR) is 255 cm³/mol. The maximum absolute atomic E-state index is 2.33. The monoisotopic (exact) mass is 774 g/mol. The summed E-state index contributed by atoms with van der Waals surface area (Å²) in [5.74, 6) is 0. The largest absolute Gasteiger partial charge is 0.310 e. The van der Waals surface area contributed by atoms with Crippen LogP contribution in [0.3, 0.4) is 0 Å². The summed E-state index contributed by atoms with van der Waals surface area (Å²) in [7, 11) is 0. The molecule has 4 heteroatoms. The van der Waals surface area contributed by atoms with Crippen molar-refractivity contribution in [3.05, 3.63) is 254 Å². The van der Waals surface area contributed by atoms with Crippen molar-refractivity contribution in [3.63, 3.8) is 0 Å². The van der Waals surface area contributed by atoms with Gasteiger partial charge in [0.1, 0.15) is 0 Å². The highest BCUT2D eigenvalue weighted by Gasteiger charge is 2.20. The SMILES string of the molecule is Cc1ccccc1N(c1ccccc1)c1ccc(N(c2ccccc2)c2cccc(N(c3ccccc3)c3ccc(N(c4ccccc4)c4ccccc4C)cc3)c2)cc1. The highest BCUT2D eigenvalue weighted by Crippen LogP contribution is 2.44. The van der Waals surface area contributed by atoms with Gasteiger partial charge >= 0.3 is 0 Å². The molecule has 0 saturated carbocycles. The van der Waals surface area contributed by atoms with Gasteiger partial charge in [-0.05, 0) is 152 Å². The van der Waals surface area contributed by atoms with E-state index in [9.17, 15) is 0 Å². The van der Waals surface area contributed by atoms with Crippen LogP contribution in [0.2, 0.25) is 0 Å². The number of anilines is 12. The van der Waals surface area contributed by atoms with Crippen molar-refractivity contribution in [1.82, 2.24) is 0 Å². The number of para-hydroxylation sites is 6. The first-order chi connectivity index (χ1) is 29.6. The van der Waals surface area contributed by atoms with Gasteiger partial charge in [0.25, 0.3) is 0 Å². The van der Waals surface area contributed by atoms with Gasteiger partial charge in [-0.3, -0.25) is 0 Å². The van der Waals surface area contributed by atoms with Crippen LogP contribution in [0.1, 0.15) is 11.1 Å². The third-order valence-corrected chi connectivity index (χ3v) is 10.8. The lowest BCUT2D eigenvalue weighted by Crippen LogP contribution is -2.14. The number of aryl methyl sites for hydroxylation is 2. The summed E-state index contributed by atoms with van der Waals surface area (Å²) in [5, 5.41) is 0. The van der Waals surface area contributed by atoms with E-state index in [0.29, 0.717) is 0 Å². The Morgan fingerprint density at radius 3 is 0.750 bits per heavy atom. The maximum atomic E-state index is 2.33. The Hall–Kier alpha value is -7.82. The molecular weight excluding hydrogens is 729 g/mol. The number of hydrogen-bond donors (Lipinski definition) is 0. The molecule has 0 aliphatic heterocycles. The second kappa shape index (κ2) is 17.4. The molecule has 0 fully saturated rings. The van der Waals surface area contributed by atoms with Crippen LogP contribution >= 0.6 is 0 Å². The smallest absolute Gasteiger partial charge is 0.0490 e. The fourth-order valence-electron chi connectivity index (χ4n) is 7.96. The minimum absolute atomic E-state index is 1.05. The van der Waals surface area contributed by atoms with E-state index in [0.717, 1.165) is 68.2 Å². The summed E-state index contributed by atoms with van der Waals surface area (Å²) in [5.41, 5.74) is 15.5. The van der Waals surface area contributed by atoms with E-state index in [1.54, 1.807) is 0 Å². The van der Waals surface area contributed by atoms with Crippen molar-refractivity contribution in [1.29, 1.82) is 0 Å². The molecule has 0 atom stereocenters. The van der Waals surface area contributed by atoms with Crippen molar-refractivity contribution >= 4 is 68.2 Å². The lowest BCUT2D eigenvalue weighted by Gasteiger charge is -2.31. The molecule has 0 bridgehead atoms. The first kappa shape index (κ1) is 37.7. The van der Waals surface area contributed by atoms with Crippen LogP contribution in [0.4, 0.5) is 68.2 Å². The third-order valence-electron chi connectivity index (χ3n) is 10.8. The molecule has 9 rings (SSSR count). The summed E-state index contributed by atoms with van der Waals surface area (Å²) in [6, 6.07) is 86.1. The van der Waals surface area contributed by atoms with E-state index >= 15 is 0 Å². The minimum atomic E-state index is 1.05. The Kier molecular flexibility index (Phi) is 10.9. The molecule has 0 unspecified atom stereocenters. The van der Waals surface area contributed by atoms with Gasteiger partial charge in [0.05, 0.1) is 0 Å². The molecule has 0 radical (unpaired) electrons. The Bertz CT molecular complexity index is 2580. The number of benzene rings is 9. The molecular formula is C56H46N4. The van der Waals surface area contributed by atoms with Crippen LogP contribution in [-0.2, 0) is 0 Å². The van der Waals surface area contributed by atoms with Gasteiger partial charge in [-0.25, -0.2) is 0 Å². The van der Waals surface area contributed by atoms with Crippen molar-refractivity contribution in [2.45, 2.75) is 13.8 Å². The van der Waals surface area contributed by atoms with Gasteiger partial charge in [0, 0.05) is 68.2 Å². The lowest BCUT2D eigenvalue weighted by atomic mass is 10.1. The lowest BCUT2D eigenvalue weighted by molar-refractivity contribution is 1.23. The first-order valence-corrected chi connectivity index (χ1v) is 20.4. The topological polar surface area (TPSA) is 13.0 Å². The molecule has 4 nitrogen and oxygen atoms in total. The second-order valence-electron chi connectivity index (χ2n) is 14.8. The van der Waals surface area contributed by atoms with Crippen LogP contribution in [-0.4, -0.2) is 0 Å². The zero-order valence-electron chi connectivity index (χ0n) is 33.9. The molecule has 0 aliphatic carbocycles. The van der Waals surface area contributed by atoms with E-state index in [-0.39, 0.29) is 0 Å². The van der Waals surface area contributed by atoms with Crippen molar-refractivity contribution in [2.24, 2.45) is 0 Å². The Morgan fingerprint density at radius 1 is 0.200 bits per heavy atom. The average molecular weight is 775 g/mol. The van der Waals surface area contributed by atoms with Crippen molar-refractivity contribution < 1.29 is 0 Å². The number of rotatable bonds is 12. The fraction of sp³-hybridized carbons (Fsp3) is 0.0357. The van der Waals surface area contributed by atoms with E-state index in [4.69, 9.17) is 0 Å². The summed E-state index contributed by atoms with van der Waals surface area (Å²) in [6.45, 7) is 4.34. The predicted octanol–water partition coefficient (Wildman–Crippen LogP) is 16.2. The van der Waals surface area contributed by atoms with Crippen molar-refractivity contribution in [2.75, 3.05) is 19.6 Å².